The second-order valence-electron chi connectivity index (χ2n) is 5.92. The number of likely N-dealkylation sites (N-methyl/N-ethyl adjacent to an activating group) is 2. The van der Waals surface area contributed by atoms with E-state index in [4.69, 9.17) is 0 Å². The molecule has 1 aliphatic rings. The molecule has 1 atom stereocenters. The fourth-order valence-corrected chi connectivity index (χ4v) is 2.00. The van der Waals surface area contributed by atoms with Gasteiger partial charge in [-0.05, 0) is 13.3 Å². The van der Waals surface area contributed by atoms with Crippen molar-refractivity contribution in [1.82, 2.24) is 20.4 Å². The van der Waals surface area contributed by atoms with Gasteiger partial charge in [-0.3, -0.25) is 9.59 Å². The SMILES string of the molecule is C=C(C)CNC(=NCC(=O)N(C)C)NC1CCC(=O)N(C)C1.I. The predicted molar refractivity (Wildman–Crippen MR) is 103 cm³/mol. The minimum atomic E-state index is -0.0626. The minimum absolute atomic E-state index is 0. The van der Waals surface area contributed by atoms with Gasteiger partial charge in [-0.25, -0.2) is 4.99 Å². The number of rotatable bonds is 5. The molecule has 1 rings (SSSR count). The molecule has 1 fully saturated rings. The van der Waals surface area contributed by atoms with E-state index >= 15 is 0 Å². The molecule has 0 radical (unpaired) electrons. The molecule has 0 aromatic heterocycles. The van der Waals surface area contributed by atoms with E-state index in [1.807, 2.05) is 6.92 Å². The standard InChI is InChI=1S/C15H27N5O2.HI/c1-11(2)8-16-15(17-9-14(22)19(3)4)18-12-6-7-13(21)20(5)10-12;/h12H,1,6-10H2,2-5H3,(H2,16,17,18);1H. The van der Waals surface area contributed by atoms with Crippen LogP contribution in [0.25, 0.3) is 0 Å². The number of likely N-dealkylation sites (tertiary alicyclic amines) is 1. The van der Waals surface area contributed by atoms with E-state index in [0.29, 0.717) is 25.5 Å². The van der Waals surface area contributed by atoms with E-state index < -0.39 is 0 Å². The van der Waals surface area contributed by atoms with E-state index in [0.717, 1.165) is 12.0 Å². The lowest BCUT2D eigenvalue weighted by atomic mass is 10.1. The Morgan fingerprint density at radius 1 is 1.48 bits per heavy atom. The number of halogens is 1. The summed E-state index contributed by atoms with van der Waals surface area (Å²) in [5, 5.41) is 6.44. The second-order valence-corrected chi connectivity index (χ2v) is 5.92. The lowest BCUT2D eigenvalue weighted by molar-refractivity contribution is -0.132. The average molecular weight is 437 g/mol. The Hall–Kier alpha value is -1.32. The quantitative estimate of drug-likeness (QED) is 0.283. The van der Waals surface area contributed by atoms with E-state index in [1.54, 1.807) is 26.0 Å². The zero-order valence-electron chi connectivity index (χ0n) is 14.4. The molecule has 0 aromatic carbocycles. The van der Waals surface area contributed by atoms with Gasteiger partial charge in [0.2, 0.25) is 11.8 Å². The van der Waals surface area contributed by atoms with Crippen LogP contribution in [0.3, 0.4) is 0 Å². The molecule has 0 saturated carbocycles. The number of piperidine rings is 1. The Labute approximate surface area is 155 Å². The first kappa shape index (κ1) is 21.7. The summed E-state index contributed by atoms with van der Waals surface area (Å²) in [4.78, 5) is 30.7. The van der Waals surface area contributed by atoms with Crippen LogP contribution in [0, 0.1) is 0 Å². The number of carbonyl (C=O) groups is 2. The van der Waals surface area contributed by atoms with Gasteiger partial charge in [0.15, 0.2) is 5.96 Å². The number of hydrogen-bond acceptors (Lipinski definition) is 3. The molecule has 1 unspecified atom stereocenters. The first-order valence-corrected chi connectivity index (χ1v) is 7.43. The average Bonchev–Trinajstić information content (AvgIpc) is 2.45. The summed E-state index contributed by atoms with van der Waals surface area (Å²) in [6.45, 7) is 7.07. The number of carbonyl (C=O) groups excluding carboxylic acids is 2. The summed E-state index contributed by atoms with van der Waals surface area (Å²) >= 11 is 0. The van der Waals surface area contributed by atoms with Crippen LogP contribution >= 0.6 is 24.0 Å². The minimum Gasteiger partial charge on any atom is -0.353 e. The molecule has 0 spiro atoms. The molecule has 132 valence electrons. The van der Waals surface area contributed by atoms with Crippen molar-refractivity contribution < 1.29 is 9.59 Å². The topological polar surface area (TPSA) is 77.0 Å². The molecule has 23 heavy (non-hydrogen) atoms. The highest BCUT2D eigenvalue weighted by Gasteiger charge is 2.23. The third-order valence-corrected chi connectivity index (χ3v) is 3.40. The number of nitrogens with one attached hydrogen (secondary N) is 2. The van der Waals surface area contributed by atoms with Gasteiger partial charge in [0.1, 0.15) is 6.54 Å². The van der Waals surface area contributed by atoms with E-state index in [-0.39, 0.29) is 48.4 Å². The van der Waals surface area contributed by atoms with Gasteiger partial charge in [0.05, 0.1) is 0 Å². The van der Waals surface area contributed by atoms with Gasteiger partial charge in [0, 0.05) is 46.7 Å². The number of aliphatic imine (C=N–C) groups is 1. The molecule has 0 aromatic rings. The fraction of sp³-hybridized carbons (Fsp3) is 0.667. The Kier molecular flexibility index (Phi) is 9.85. The van der Waals surface area contributed by atoms with Crippen molar-refractivity contribution in [2.24, 2.45) is 4.99 Å². The first-order chi connectivity index (χ1) is 10.3. The summed E-state index contributed by atoms with van der Waals surface area (Å²) < 4.78 is 0. The molecular formula is C15H28IN5O2. The van der Waals surface area contributed by atoms with Crippen LogP contribution in [0.4, 0.5) is 0 Å². The van der Waals surface area contributed by atoms with E-state index in [1.165, 1.54) is 4.90 Å². The zero-order chi connectivity index (χ0) is 16.7. The molecule has 2 amide bonds. The van der Waals surface area contributed by atoms with Crippen LogP contribution in [0.2, 0.25) is 0 Å². The Balaban J connectivity index is 0.00000484. The van der Waals surface area contributed by atoms with Crippen LogP contribution in [0.5, 0.6) is 0 Å². The fourth-order valence-electron chi connectivity index (χ4n) is 2.00. The monoisotopic (exact) mass is 437 g/mol. The number of hydrogen-bond donors (Lipinski definition) is 2. The molecule has 0 aliphatic carbocycles. The number of guanidine groups is 1. The van der Waals surface area contributed by atoms with Gasteiger partial charge in [0.25, 0.3) is 0 Å². The van der Waals surface area contributed by atoms with Crippen molar-refractivity contribution in [1.29, 1.82) is 0 Å². The summed E-state index contributed by atoms with van der Waals surface area (Å²) in [7, 11) is 5.20. The third-order valence-electron chi connectivity index (χ3n) is 3.40. The van der Waals surface area contributed by atoms with Crippen molar-refractivity contribution in [2.45, 2.75) is 25.8 Å². The Morgan fingerprint density at radius 3 is 2.65 bits per heavy atom. The lowest BCUT2D eigenvalue weighted by Crippen LogP contribution is -2.52. The maximum Gasteiger partial charge on any atom is 0.243 e. The van der Waals surface area contributed by atoms with Crippen molar-refractivity contribution in [3.05, 3.63) is 12.2 Å². The predicted octanol–water partition coefficient (Wildman–Crippen LogP) is 0.425. The van der Waals surface area contributed by atoms with E-state index in [9.17, 15) is 9.59 Å². The van der Waals surface area contributed by atoms with Gasteiger partial charge in [-0.15, -0.1) is 24.0 Å². The molecule has 1 aliphatic heterocycles. The van der Waals surface area contributed by atoms with Gasteiger partial charge < -0.3 is 20.4 Å². The molecule has 2 N–H and O–H groups in total. The number of amides is 2. The normalized spacial score (nSPS) is 18.1. The highest BCUT2D eigenvalue weighted by atomic mass is 127. The smallest absolute Gasteiger partial charge is 0.243 e. The van der Waals surface area contributed by atoms with Crippen LogP contribution < -0.4 is 10.6 Å². The van der Waals surface area contributed by atoms with Crippen molar-refractivity contribution >= 4 is 41.8 Å². The highest BCUT2D eigenvalue weighted by Crippen LogP contribution is 2.09. The van der Waals surface area contributed by atoms with Crippen LogP contribution in [0.1, 0.15) is 19.8 Å². The summed E-state index contributed by atoms with van der Waals surface area (Å²) in [5.74, 6) is 0.674. The maximum absolute atomic E-state index is 11.7. The largest absolute Gasteiger partial charge is 0.353 e. The lowest BCUT2D eigenvalue weighted by Gasteiger charge is -2.31. The van der Waals surface area contributed by atoms with Crippen LogP contribution in [-0.2, 0) is 9.59 Å². The summed E-state index contributed by atoms with van der Waals surface area (Å²) in [5.41, 5.74) is 0.976. The Bertz CT molecular complexity index is 465. The highest BCUT2D eigenvalue weighted by molar-refractivity contribution is 14.0. The molecular weight excluding hydrogens is 409 g/mol. The number of nitrogens with zero attached hydrogens (tertiary/aromatic N) is 3. The molecule has 7 nitrogen and oxygen atoms in total. The molecule has 0 bridgehead atoms. The zero-order valence-corrected chi connectivity index (χ0v) is 16.7. The third kappa shape index (κ3) is 8.19. The molecule has 8 heteroatoms. The van der Waals surface area contributed by atoms with Crippen molar-refractivity contribution in [3.8, 4) is 0 Å². The second kappa shape index (κ2) is 10.5. The summed E-state index contributed by atoms with van der Waals surface area (Å²) in [6, 6.07) is 0.133. The first-order valence-electron chi connectivity index (χ1n) is 7.43. The van der Waals surface area contributed by atoms with Gasteiger partial charge in [-0.1, -0.05) is 12.2 Å². The maximum atomic E-state index is 11.7. The van der Waals surface area contributed by atoms with Crippen LogP contribution in [0.15, 0.2) is 17.1 Å². The van der Waals surface area contributed by atoms with Crippen molar-refractivity contribution in [3.63, 3.8) is 0 Å². The van der Waals surface area contributed by atoms with Gasteiger partial charge in [-0.2, -0.15) is 0 Å². The Morgan fingerprint density at radius 2 is 2.13 bits per heavy atom. The summed E-state index contributed by atoms with van der Waals surface area (Å²) in [6.07, 6.45) is 1.29. The van der Waals surface area contributed by atoms with Gasteiger partial charge >= 0.3 is 0 Å². The van der Waals surface area contributed by atoms with Crippen molar-refractivity contribution in [2.75, 3.05) is 40.8 Å². The molecule has 1 heterocycles. The molecule has 1 saturated heterocycles. The van der Waals surface area contributed by atoms with Crippen LogP contribution in [-0.4, -0.2) is 74.4 Å². The van der Waals surface area contributed by atoms with E-state index in [2.05, 4.69) is 22.2 Å².